The molecule has 3 heteroatoms. The van der Waals surface area contributed by atoms with Gasteiger partial charge in [-0.15, -0.1) is 0 Å². The summed E-state index contributed by atoms with van der Waals surface area (Å²) in [7, 11) is 1.73. The Kier molecular flexibility index (Phi) is 5.22. The quantitative estimate of drug-likeness (QED) is 0.854. The smallest absolute Gasteiger partial charge is 0.163 e. The van der Waals surface area contributed by atoms with E-state index in [0.717, 1.165) is 29.0 Å². The van der Waals surface area contributed by atoms with Crippen LogP contribution in [0.15, 0.2) is 12.3 Å². The molecule has 3 rings (SSSR count). The molecule has 122 valence electrons. The highest BCUT2D eigenvalue weighted by Gasteiger charge is 2.28. The van der Waals surface area contributed by atoms with Crippen LogP contribution in [0.25, 0.3) is 0 Å². The maximum atomic E-state index is 5.51. The van der Waals surface area contributed by atoms with E-state index >= 15 is 0 Å². The lowest BCUT2D eigenvalue weighted by Gasteiger charge is -2.36. The van der Waals surface area contributed by atoms with E-state index in [1.165, 1.54) is 57.8 Å². The lowest BCUT2D eigenvalue weighted by atomic mass is 9.72. The highest BCUT2D eigenvalue weighted by Crippen LogP contribution is 2.39. The van der Waals surface area contributed by atoms with Gasteiger partial charge in [0.05, 0.1) is 18.5 Å². The SMILES string of the molecule is COc1c(NC2CCC(C3CCCCC3)CC2)ccnc1C. The van der Waals surface area contributed by atoms with Gasteiger partial charge in [-0.3, -0.25) is 4.98 Å². The van der Waals surface area contributed by atoms with Gasteiger partial charge >= 0.3 is 0 Å². The number of aromatic nitrogens is 1. The van der Waals surface area contributed by atoms with Crippen molar-refractivity contribution >= 4 is 5.69 Å². The van der Waals surface area contributed by atoms with Crippen molar-refractivity contribution in [2.75, 3.05) is 12.4 Å². The fourth-order valence-corrected chi connectivity index (χ4v) is 4.48. The van der Waals surface area contributed by atoms with Crippen molar-refractivity contribution in [3.63, 3.8) is 0 Å². The molecule has 0 unspecified atom stereocenters. The third kappa shape index (κ3) is 3.56. The fourth-order valence-electron chi connectivity index (χ4n) is 4.48. The van der Waals surface area contributed by atoms with Gasteiger partial charge in [-0.1, -0.05) is 32.1 Å². The molecule has 2 aliphatic carbocycles. The topological polar surface area (TPSA) is 34.1 Å². The second kappa shape index (κ2) is 7.34. The summed E-state index contributed by atoms with van der Waals surface area (Å²) < 4.78 is 5.51. The van der Waals surface area contributed by atoms with Crippen molar-refractivity contribution in [2.45, 2.75) is 70.8 Å². The van der Waals surface area contributed by atoms with Crippen LogP contribution >= 0.6 is 0 Å². The van der Waals surface area contributed by atoms with E-state index in [1.807, 2.05) is 19.2 Å². The van der Waals surface area contributed by atoms with Gasteiger partial charge in [0.2, 0.25) is 0 Å². The van der Waals surface area contributed by atoms with Crippen LogP contribution in [-0.4, -0.2) is 18.1 Å². The summed E-state index contributed by atoms with van der Waals surface area (Å²) in [6.07, 6.45) is 14.6. The Morgan fingerprint density at radius 3 is 2.36 bits per heavy atom. The molecule has 0 saturated heterocycles. The van der Waals surface area contributed by atoms with Gasteiger partial charge < -0.3 is 10.1 Å². The second-order valence-electron chi connectivity index (χ2n) is 7.13. The minimum Gasteiger partial charge on any atom is -0.493 e. The average molecular weight is 302 g/mol. The number of aryl methyl sites for hydroxylation is 1. The van der Waals surface area contributed by atoms with E-state index < -0.39 is 0 Å². The van der Waals surface area contributed by atoms with Gasteiger partial charge in [-0.2, -0.15) is 0 Å². The Hall–Kier alpha value is -1.25. The monoisotopic (exact) mass is 302 g/mol. The van der Waals surface area contributed by atoms with Crippen molar-refractivity contribution in [3.8, 4) is 5.75 Å². The molecular formula is C19H30N2O. The molecule has 0 aromatic carbocycles. The molecule has 1 aromatic heterocycles. The molecule has 1 N–H and O–H groups in total. The molecule has 0 radical (unpaired) electrons. The van der Waals surface area contributed by atoms with Gasteiger partial charge in [0.15, 0.2) is 5.75 Å². The molecule has 0 bridgehead atoms. The zero-order valence-corrected chi connectivity index (χ0v) is 14.1. The number of nitrogens with one attached hydrogen (secondary N) is 1. The van der Waals surface area contributed by atoms with E-state index in [9.17, 15) is 0 Å². The van der Waals surface area contributed by atoms with Crippen LogP contribution in [-0.2, 0) is 0 Å². The van der Waals surface area contributed by atoms with Crippen LogP contribution in [0.1, 0.15) is 63.5 Å². The fraction of sp³-hybridized carbons (Fsp3) is 0.737. The molecule has 2 aliphatic rings. The molecule has 2 fully saturated rings. The molecule has 0 spiro atoms. The van der Waals surface area contributed by atoms with E-state index in [-0.39, 0.29) is 0 Å². The Balaban J connectivity index is 1.54. The first-order valence-corrected chi connectivity index (χ1v) is 9.04. The number of ether oxygens (including phenoxy) is 1. The summed E-state index contributed by atoms with van der Waals surface area (Å²) >= 11 is 0. The largest absolute Gasteiger partial charge is 0.493 e. The summed E-state index contributed by atoms with van der Waals surface area (Å²) in [6.45, 7) is 2.00. The predicted molar refractivity (Wildman–Crippen MR) is 91.5 cm³/mol. The zero-order chi connectivity index (χ0) is 15.4. The first-order chi connectivity index (χ1) is 10.8. The Morgan fingerprint density at radius 2 is 1.68 bits per heavy atom. The van der Waals surface area contributed by atoms with Crippen molar-refractivity contribution < 1.29 is 4.74 Å². The number of hydrogen-bond donors (Lipinski definition) is 1. The van der Waals surface area contributed by atoms with Crippen LogP contribution < -0.4 is 10.1 Å². The van der Waals surface area contributed by atoms with Crippen molar-refractivity contribution in [1.82, 2.24) is 4.98 Å². The molecule has 0 atom stereocenters. The Labute approximate surface area is 134 Å². The van der Waals surface area contributed by atoms with Gasteiger partial charge in [0, 0.05) is 12.2 Å². The third-order valence-electron chi connectivity index (χ3n) is 5.73. The molecular weight excluding hydrogens is 272 g/mol. The summed E-state index contributed by atoms with van der Waals surface area (Å²) in [6, 6.07) is 2.63. The minimum absolute atomic E-state index is 0.593. The van der Waals surface area contributed by atoms with Crippen LogP contribution in [0.5, 0.6) is 5.75 Å². The lowest BCUT2D eigenvalue weighted by Crippen LogP contribution is -2.30. The average Bonchev–Trinajstić information content (AvgIpc) is 2.57. The minimum atomic E-state index is 0.593. The third-order valence-corrected chi connectivity index (χ3v) is 5.73. The normalized spacial score (nSPS) is 26.6. The summed E-state index contributed by atoms with van der Waals surface area (Å²) in [5.74, 6) is 2.91. The van der Waals surface area contributed by atoms with E-state index in [4.69, 9.17) is 4.74 Å². The standard InChI is InChI=1S/C19H30N2O/c1-14-19(22-2)18(12-13-20-14)21-17-10-8-16(9-11-17)15-6-4-3-5-7-15/h12-13,15-17H,3-11H2,1-2H3,(H,20,21). The summed E-state index contributed by atoms with van der Waals surface area (Å²) in [5, 5.41) is 3.70. The van der Waals surface area contributed by atoms with Gasteiger partial charge in [0.1, 0.15) is 0 Å². The maximum absolute atomic E-state index is 5.51. The van der Waals surface area contributed by atoms with Crippen LogP contribution in [0.4, 0.5) is 5.69 Å². The van der Waals surface area contributed by atoms with Gasteiger partial charge in [0.25, 0.3) is 0 Å². The molecule has 2 saturated carbocycles. The van der Waals surface area contributed by atoms with Crippen LogP contribution in [0.3, 0.4) is 0 Å². The second-order valence-corrected chi connectivity index (χ2v) is 7.13. The first kappa shape index (κ1) is 15.6. The number of pyridine rings is 1. The molecule has 0 aliphatic heterocycles. The van der Waals surface area contributed by atoms with Crippen molar-refractivity contribution in [3.05, 3.63) is 18.0 Å². The van der Waals surface area contributed by atoms with Gasteiger partial charge in [-0.25, -0.2) is 0 Å². The number of rotatable bonds is 4. The molecule has 1 aromatic rings. The van der Waals surface area contributed by atoms with E-state index in [2.05, 4.69) is 10.3 Å². The summed E-state index contributed by atoms with van der Waals surface area (Å²) in [5.41, 5.74) is 2.07. The number of nitrogens with zero attached hydrogens (tertiary/aromatic N) is 1. The Morgan fingerprint density at radius 1 is 1.00 bits per heavy atom. The molecule has 3 nitrogen and oxygen atoms in total. The van der Waals surface area contributed by atoms with Crippen molar-refractivity contribution in [2.24, 2.45) is 11.8 Å². The summed E-state index contributed by atoms with van der Waals surface area (Å²) in [4.78, 5) is 4.31. The highest BCUT2D eigenvalue weighted by molar-refractivity contribution is 5.58. The van der Waals surface area contributed by atoms with E-state index in [0.29, 0.717) is 6.04 Å². The predicted octanol–water partition coefficient (Wildman–Crippen LogP) is 4.95. The number of anilines is 1. The Bertz CT molecular complexity index is 474. The number of hydrogen-bond acceptors (Lipinski definition) is 3. The molecule has 22 heavy (non-hydrogen) atoms. The van der Waals surface area contributed by atoms with Crippen molar-refractivity contribution in [1.29, 1.82) is 0 Å². The lowest BCUT2D eigenvalue weighted by molar-refractivity contribution is 0.190. The molecule has 1 heterocycles. The molecule has 0 amide bonds. The highest BCUT2D eigenvalue weighted by atomic mass is 16.5. The van der Waals surface area contributed by atoms with E-state index in [1.54, 1.807) is 7.11 Å². The maximum Gasteiger partial charge on any atom is 0.163 e. The first-order valence-electron chi connectivity index (χ1n) is 9.04. The van der Waals surface area contributed by atoms with Crippen LogP contribution in [0.2, 0.25) is 0 Å². The van der Waals surface area contributed by atoms with Crippen LogP contribution in [0, 0.1) is 18.8 Å². The number of methoxy groups -OCH3 is 1. The van der Waals surface area contributed by atoms with Gasteiger partial charge in [-0.05, 0) is 50.5 Å². The zero-order valence-electron chi connectivity index (χ0n) is 14.1.